The van der Waals surface area contributed by atoms with E-state index in [1.54, 1.807) is 0 Å². The zero-order valence-electron chi connectivity index (χ0n) is 11.6. The predicted octanol–water partition coefficient (Wildman–Crippen LogP) is 4.36. The van der Waals surface area contributed by atoms with Crippen LogP contribution >= 0.6 is 0 Å². The van der Waals surface area contributed by atoms with Crippen molar-refractivity contribution in [2.75, 3.05) is 0 Å². The molecule has 0 spiro atoms. The summed E-state index contributed by atoms with van der Waals surface area (Å²) >= 11 is 0. The molecule has 1 nitrogen and oxygen atoms in total. The molecule has 1 aromatic carbocycles. The second-order valence-electron chi connectivity index (χ2n) is 5.69. The lowest BCUT2D eigenvalue weighted by atomic mass is 9.81. The summed E-state index contributed by atoms with van der Waals surface area (Å²) in [6.07, 6.45) is 2.81. The fourth-order valence-electron chi connectivity index (χ4n) is 2.68. The van der Waals surface area contributed by atoms with Crippen molar-refractivity contribution in [3.8, 4) is 0 Å². The summed E-state index contributed by atoms with van der Waals surface area (Å²) in [6, 6.07) is 10.1. The zero-order valence-corrected chi connectivity index (χ0v) is 11.6. The maximum Gasteiger partial charge on any atom is 0.0896 e. The van der Waals surface area contributed by atoms with Gasteiger partial charge in [0.2, 0.25) is 0 Å². The first-order valence-corrected chi connectivity index (χ1v) is 6.76. The molecule has 17 heavy (non-hydrogen) atoms. The summed E-state index contributed by atoms with van der Waals surface area (Å²) in [6.45, 7) is 8.78. The molecule has 0 heterocycles. The largest absolute Gasteiger partial charge is 0.385 e. The lowest BCUT2D eigenvalue weighted by Gasteiger charge is -2.31. The highest BCUT2D eigenvalue weighted by molar-refractivity contribution is 5.22. The maximum atomic E-state index is 10.8. The normalized spacial score (nSPS) is 16.8. The molecule has 0 amide bonds. The molecule has 0 aliphatic heterocycles. The fraction of sp³-hybridized carbons (Fsp3) is 0.625. The van der Waals surface area contributed by atoms with Crippen LogP contribution in [0.15, 0.2) is 30.3 Å². The third kappa shape index (κ3) is 4.16. The molecule has 1 rings (SSSR count). The summed E-state index contributed by atoms with van der Waals surface area (Å²) in [7, 11) is 0. The van der Waals surface area contributed by atoms with E-state index in [0.717, 1.165) is 18.4 Å². The topological polar surface area (TPSA) is 20.2 Å². The molecule has 0 saturated heterocycles. The highest BCUT2D eigenvalue weighted by atomic mass is 16.3. The second kappa shape index (κ2) is 6.20. The van der Waals surface area contributed by atoms with E-state index >= 15 is 0 Å². The van der Waals surface area contributed by atoms with Gasteiger partial charge in [-0.05, 0) is 36.7 Å². The first-order chi connectivity index (χ1) is 7.98. The van der Waals surface area contributed by atoms with Crippen molar-refractivity contribution in [1.29, 1.82) is 0 Å². The molecule has 0 aliphatic rings. The highest BCUT2D eigenvalue weighted by Gasteiger charge is 2.29. The van der Waals surface area contributed by atoms with Gasteiger partial charge in [-0.2, -0.15) is 0 Å². The van der Waals surface area contributed by atoms with Gasteiger partial charge in [0.25, 0.3) is 0 Å². The molecular weight excluding hydrogens is 208 g/mol. The summed E-state index contributed by atoms with van der Waals surface area (Å²) in [5.74, 6) is 1.25. The summed E-state index contributed by atoms with van der Waals surface area (Å²) in [5.41, 5.74) is 0.397. The molecule has 0 aromatic heterocycles. The van der Waals surface area contributed by atoms with Crippen LogP contribution in [0.1, 0.15) is 52.5 Å². The number of hydrogen-bond donors (Lipinski definition) is 1. The minimum atomic E-state index is -0.657. The average molecular weight is 234 g/mol. The van der Waals surface area contributed by atoms with E-state index in [1.165, 1.54) is 6.42 Å². The summed E-state index contributed by atoms with van der Waals surface area (Å²) < 4.78 is 0. The van der Waals surface area contributed by atoms with Crippen LogP contribution in [0.5, 0.6) is 0 Å². The van der Waals surface area contributed by atoms with Gasteiger partial charge in [0, 0.05) is 0 Å². The van der Waals surface area contributed by atoms with E-state index in [-0.39, 0.29) is 0 Å². The van der Waals surface area contributed by atoms with Gasteiger partial charge in [-0.25, -0.2) is 0 Å². The van der Waals surface area contributed by atoms with E-state index in [0.29, 0.717) is 11.8 Å². The van der Waals surface area contributed by atoms with Crippen molar-refractivity contribution in [3.63, 3.8) is 0 Å². The van der Waals surface area contributed by atoms with E-state index in [1.807, 2.05) is 30.3 Å². The molecule has 0 aliphatic carbocycles. The minimum absolute atomic E-state index is 0.556. The number of rotatable bonds is 6. The molecule has 0 radical (unpaired) electrons. The number of benzene rings is 1. The minimum Gasteiger partial charge on any atom is -0.385 e. The molecule has 2 unspecified atom stereocenters. The molecule has 0 saturated carbocycles. The molecule has 1 aromatic rings. The van der Waals surface area contributed by atoms with Crippen LogP contribution in [0.25, 0.3) is 0 Å². The summed E-state index contributed by atoms with van der Waals surface area (Å²) in [4.78, 5) is 0. The van der Waals surface area contributed by atoms with Crippen LogP contribution in [0.2, 0.25) is 0 Å². The van der Waals surface area contributed by atoms with Crippen molar-refractivity contribution in [1.82, 2.24) is 0 Å². The van der Waals surface area contributed by atoms with Crippen molar-refractivity contribution < 1.29 is 5.11 Å². The Kier molecular flexibility index (Phi) is 5.20. The van der Waals surface area contributed by atoms with Crippen molar-refractivity contribution in [3.05, 3.63) is 35.9 Å². The fourth-order valence-corrected chi connectivity index (χ4v) is 2.68. The van der Waals surface area contributed by atoms with Gasteiger partial charge in [0.05, 0.1) is 5.60 Å². The lowest BCUT2D eigenvalue weighted by molar-refractivity contribution is 0.00667. The number of hydrogen-bond acceptors (Lipinski definition) is 1. The van der Waals surface area contributed by atoms with E-state index < -0.39 is 5.60 Å². The van der Waals surface area contributed by atoms with Gasteiger partial charge in [-0.1, -0.05) is 58.0 Å². The molecule has 2 atom stereocenters. The lowest BCUT2D eigenvalue weighted by Crippen LogP contribution is -2.27. The van der Waals surface area contributed by atoms with Crippen molar-refractivity contribution in [2.24, 2.45) is 11.8 Å². The van der Waals surface area contributed by atoms with Crippen LogP contribution in [-0.2, 0) is 5.60 Å². The Morgan fingerprint density at radius 1 is 1.12 bits per heavy atom. The van der Waals surface area contributed by atoms with Crippen LogP contribution in [0.3, 0.4) is 0 Å². The van der Waals surface area contributed by atoms with Crippen LogP contribution in [0, 0.1) is 11.8 Å². The Balaban J connectivity index is 2.76. The Morgan fingerprint density at radius 3 is 2.18 bits per heavy atom. The van der Waals surface area contributed by atoms with Gasteiger partial charge in [0.1, 0.15) is 0 Å². The Hall–Kier alpha value is -0.820. The SMILES string of the molecule is CCC(O)(CC(C)CC(C)C)c1ccccc1. The second-order valence-corrected chi connectivity index (χ2v) is 5.69. The van der Waals surface area contributed by atoms with Gasteiger partial charge < -0.3 is 5.11 Å². The quantitative estimate of drug-likeness (QED) is 0.775. The Bertz CT molecular complexity index is 318. The van der Waals surface area contributed by atoms with Gasteiger partial charge in [0.15, 0.2) is 0 Å². The molecule has 1 N–H and O–H groups in total. The Labute approximate surface area is 106 Å². The van der Waals surface area contributed by atoms with Gasteiger partial charge >= 0.3 is 0 Å². The summed E-state index contributed by atoms with van der Waals surface area (Å²) in [5, 5.41) is 10.8. The third-order valence-corrected chi connectivity index (χ3v) is 3.46. The Morgan fingerprint density at radius 2 is 1.71 bits per heavy atom. The van der Waals surface area contributed by atoms with E-state index in [2.05, 4.69) is 27.7 Å². The first-order valence-electron chi connectivity index (χ1n) is 6.76. The smallest absolute Gasteiger partial charge is 0.0896 e. The highest BCUT2D eigenvalue weighted by Crippen LogP contribution is 2.33. The third-order valence-electron chi connectivity index (χ3n) is 3.46. The first kappa shape index (κ1) is 14.2. The van der Waals surface area contributed by atoms with E-state index in [4.69, 9.17) is 0 Å². The molecule has 1 heteroatoms. The standard InChI is InChI=1S/C16H26O/c1-5-16(17,12-14(4)11-13(2)3)15-9-7-6-8-10-15/h6-10,13-14,17H,5,11-12H2,1-4H3. The van der Waals surface area contributed by atoms with Crippen molar-refractivity contribution >= 4 is 0 Å². The van der Waals surface area contributed by atoms with Gasteiger partial charge in [-0.3, -0.25) is 0 Å². The average Bonchev–Trinajstić information content (AvgIpc) is 2.29. The van der Waals surface area contributed by atoms with Gasteiger partial charge in [-0.15, -0.1) is 0 Å². The predicted molar refractivity (Wildman–Crippen MR) is 73.9 cm³/mol. The molecule has 0 fully saturated rings. The van der Waals surface area contributed by atoms with Crippen LogP contribution in [0.4, 0.5) is 0 Å². The van der Waals surface area contributed by atoms with E-state index in [9.17, 15) is 5.11 Å². The van der Waals surface area contributed by atoms with Crippen LogP contribution in [-0.4, -0.2) is 5.11 Å². The molecular formula is C16H26O. The van der Waals surface area contributed by atoms with Crippen LogP contribution < -0.4 is 0 Å². The molecule has 96 valence electrons. The zero-order chi connectivity index (χ0) is 12.9. The van der Waals surface area contributed by atoms with Crippen molar-refractivity contribution in [2.45, 2.75) is 52.6 Å². The number of aliphatic hydroxyl groups is 1. The maximum absolute atomic E-state index is 10.8. The molecule has 0 bridgehead atoms. The monoisotopic (exact) mass is 234 g/mol.